The molecule has 0 saturated carbocycles. The van der Waals surface area contributed by atoms with Gasteiger partial charge in [0.05, 0.1) is 11.8 Å². The Morgan fingerprint density at radius 1 is 1.52 bits per heavy atom. The van der Waals surface area contributed by atoms with Crippen molar-refractivity contribution >= 4 is 16.3 Å². The average molecular weight is 307 g/mol. The van der Waals surface area contributed by atoms with E-state index < -0.39 is 0 Å². The van der Waals surface area contributed by atoms with E-state index in [9.17, 15) is 0 Å². The van der Waals surface area contributed by atoms with Crippen LogP contribution in [0.25, 0.3) is 4.96 Å². The Labute approximate surface area is 130 Å². The van der Waals surface area contributed by atoms with E-state index in [1.807, 2.05) is 0 Å². The van der Waals surface area contributed by atoms with Crippen molar-refractivity contribution in [3.63, 3.8) is 0 Å². The predicted octanol–water partition coefficient (Wildman–Crippen LogP) is 3.27. The molecule has 1 fully saturated rings. The minimum Gasteiger partial charge on any atom is -0.378 e. The molecule has 0 spiro atoms. The van der Waals surface area contributed by atoms with Crippen molar-refractivity contribution < 1.29 is 4.74 Å². The molecule has 1 saturated heterocycles. The van der Waals surface area contributed by atoms with Crippen LogP contribution in [0.1, 0.15) is 44.7 Å². The summed E-state index contributed by atoms with van der Waals surface area (Å²) in [5.74, 6) is 0. The Balaban J connectivity index is 1.61. The van der Waals surface area contributed by atoms with Crippen LogP contribution in [0.5, 0.6) is 0 Å². The Bertz CT molecular complexity index is 516. The minimum absolute atomic E-state index is 0.428. The summed E-state index contributed by atoms with van der Waals surface area (Å²) in [6.07, 6.45) is 11.7. The van der Waals surface area contributed by atoms with Crippen molar-refractivity contribution in [2.45, 2.75) is 57.6 Å². The molecule has 116 valence electrons. The van der Waals surface area contributed by atoms with E-state index in [0.717, 1.165) is 31.0 Å². The molecule has 0 radical (unpaired) electrons. The summed E-state index contributed by atoms with van der Waals surface area (Å²) in [7, 11) is 0. The molecule has 2 aromatic rings. The number of ether oxygens (including phenoxy) is 1. The quantitative estimate of drug-likeness (QED) is 0.853. The van der Waals surface area contributed by atoms with Crippen LogP contribution in [-0.4, -0.2) is 34.7 Å². The van der Waals surface area contributed by atoms with Crippen molar-refractivity contribution in [2.24, 2.45) is 0 Å². The normalized spacial score (nSPS) is 20.9. The third-order valence-electron chi connectivity index (χ3n) is 4.10. The van der Waals surface area contributed by atoms with Crippen molar-refractivity contribution in [3.05, 3.63) is 23.5 Å². The molecule has 1 N–H and O–H groups in total. The van der Waals surface area contributed by atoms with Gasteiger partial charge in [0.15, 0.2) is 4.96 Å². The summed E-state index contributed by atoms with van der Waals surface area (Å²) in [6, 6.07) is 0.470. The van der Waals surface area contributed by atoms with Crippen molar-refractivity contribution in [3.8, 4) is 0 Å². The Morgan fingerprint density at radius 3 is 3.24 bits per heavy atom. The number of hydrogen-bond donors (Lipinski definition) is 1. The summed E-state index contributed by atoms with van der Waals surface area (Å²) in [5, 5.41) is 5.75. The summed E-state index contributed by atoms with van der Waals surface area (Å²) < 4.78 is 8.03. The highest BCUT2D eigenvalue weighted by Crippen LogP contribution is 2.19. The van der Waals surface area contributed by atoms with Gasteiger partial charge in [-0.1, -0.05) is 6.92 Å². The molecule has 2 aromatic heterocycles. The molecule has 0 aliphatic carbocycles. The second kappa shape index (κ2) is 7.38. The highest BCUT2D eigenvalue weighted by molar-refractivity contribution is 7.15. The highest BCUT2D eigenvalue weighted by atomic mass is 32.1. The summed E-state index contributed by atoms with van der Waals surface area (Å²) >= 11 is 1.70. The lowest BCUT2D eigenvalue weighted by atomic mass is 9.99. The third kappa shape index (κ3) is 4.05. The molecular formula is C16H25N3OS. The molecule has 1 aliphatic heterocycles. The number of aromatic nitrogens is 2. The average Bonchev–Trinajstić information content (AvgIpc) is 3.07. The largest absolute Gasteiger partial charge is 0.378 e. The molecule has 4 nitrogen and oxygen atoms in total. The van der Waals surface area contributed by atoms with Crippen LogP contribution in [0.2, 0.25) is 0 Å². The van der Waals surface area contributed by atoms with E-state index in [1.165, 1.54) is 31.4 Å². The van der Waals surface area contributed by atoms with E-state index in [0.29, 0.717) is 12.1 Å². The van der Waals surface area contributed by atoms with Gasteiger partial charge in [-0.15, -0.1) is 11.3 Å². The molecule has 3 heterocycles. The fourth-order valence-corrected chi connectivity index (χ4v) is 3.74. The first-order chi connectivity index (χ1) is 10.3. The van der Waals surface area contributed by atoms with Crippen molar-refractivity contribution in [1.29, 1.82) is 0 Å². The molecule has 5 heteroatoms. The molecule has 21 heavy (non-hydrogen) atoms. The number of imidazole rings is 1. The van der Waals surface area contributed by atoms with E-state index in [2.05, 4.69) is 34.4 Å². The zero-order chi connectivity index (χ0) is 14.5. The van der Waals surface area contributed by atoms with E-state index >= 15 is 0 Å². The maximum absolute atomic E-state index is 5.91. The van der Waals surface area contributed by atoms with Crippen LogP contribution >= 0.6 is 11.3 Å². The van der Waals surface area contributed by atoms with Gasteiger partial charge in [-0.25, -0.2) is 4.98 Å². The van der Waals surface area contributed by atoms with Crippen LogP contribution in [0.3, 0.4) is 0 Å². The van der Waals surface area contributed by atoms with Gasteiger partial charge in [0.2, 0.25) is 0 Å². The highest BCUT2D eigenvalue weighted by Gasteiger charge is 2.20. The summed E-state index contributed by atoms with van der Waals surface area (Å²) in [4.78, 5) is 5.81. The van der Waals surface area contributed by atoms with Gasteiger partial charge in [-0.2, -0.15) is 0 Å². The van der Waals surface area contributed by atoms with Gasteiger partial charge in [-0.3, -0.25) is 4.40 Å². The van der Waals surface area contributed by atoms with Gasteiger partial charge in [0, 0.05) is 36.8 Å². The first-order valence-corrected chi connectivity index (χ1v) is 8.99. The van der Waals surface area contributed by atoms with E-state index in [4.69, 9.17) is 9.72 Å². The van der Waals surface area contributed by atoms with Crippen LogP contribution in [-0.2, 0) is 11.2 Å². The molecule has 2 atom stereocenters. The maximum Gasteiger partial charge on any atom is 0.193 e. The Morgan fingerprint density at radius 2 is 2.48 bits per heavy atom. The van der Waals surface area contributed by atoms with Crippen LogP contribution < -0.4 is 5.32 Å². The zero-order valence-corrected chi connectivity index (χ0v) is 13.6. The number of nitrogens with one attached hydrogen (secondary N) is 1. The lowest BCUT2D eigenvalue weighted by Gasteiger charge is -2.27. The second-order valence-electron chi connectivity index (χ2n) is 5.90. The number of rotatable bonds is 7. The van der Waals surface area contributed by atoms with Crippen molar-refractivity contribution in [1.82, 2.24) is 14.7 Å². The zero-order valence-electron chi connectivity index (χ0n) is 12.8. The molecular weight excluding hydrogens is 282 g/mol. The molecule has 0 amide bonds. The van der Waals surface area contributed by atoms with Gasteiger partial charge in [0.25, 0.3) is 0 Å². The summed E-state index contributed by atoms with van der Waals surface area (Å²) in [5.41, 5.74) is 1.19. The first kappa shape index (κ1) is 15.0. The monoisotopic (exact) mass is 307 g/mol. The first-order valence-electron chi connectivity index (χ1n) is 8.11. The van der Waals surface area contributed by atoms with Crippen LogP contribution in [0, 0.1) is 0 Å². The molecule has 0 aromatic carbocycles. The minimum atomic E-state index is 0.428. The van der Waals surface area contributed by atoms with Crippen molar-refractivity contribution in [2.75, 3.05) is 13.2 Å². The number of hydrogen-bond acceptors (Lipinski definition) is 4. The fourth-order valence-electron chi connectivity index (χ4n) is 3.02. The summed E-state index contributed by atoms with van der Waals surface area (Å²) in [6.45, 7) is 4.22. The lowest BCUT2D eigenvalue weighted by Crippen LogP contribution is -2.37. The van der Waals surface area contributed by atoms with E-state index in [-0.39, 0.29) is 0 Å². The van der Waals surface area contributed by atoms with E-state index in [1.54, 1.807) is 11.3 Å². The number of fused-ring (bicyclic) bond motifs is 1. The van der Waals surface area contributed by atoms with Crippen LogP contribution in [0.4, 0.5) is 0 Å². The molecule has 1 aliphatic rings. The Hall–Kier alpha value is -0.910. The van der Waals surface area contributed by atoms with Gasteiger partial charge >= 0.3 is 0 Å². The number of nitrogens with zero attached hydrogens (tertiary/aromatic N) is 2. The third-order valence-corrected chi connectivity index (χ3v) is 4.87. The van der Waals surface area contributed by atoms with Gasteiger partial charge in [0.1, 0.15) is 0 Å². The van der Waals surface area contributed by atoms with Gasteiger partial charge in [-0.05, 0) is 38.6 Å². The van der Waals surface area contributed by atoms with Gasteiger partial charge < -0.3 is 10.1 Å². The fraction of sp³-hybridized carbons (Fsp3) is 0.688. The number of thiazole rings is 1. The topological polar surface area (TPSA) is 38.6 Å². The molecule has 0 bridgehead atoms. The maximum atomic E-state index is 5.91. The molecule has 2 unspecified atom stereocenters. The lowest BCUT2D eigenvalue weighted by molar-refractivity contribution is 0.00522. The Kier molecular flexibility index (Phi) is 5.27. The second-order valence-corrected chi connectivity index (χ2v) is 6.78. The van der Waals surface area contributed by atoms with Crippen LogP contribution in [0.15, 0.2) is 17.8 Å². The predicted molar refractivity (Wildman–Crippen MR) is 87.1 cm³/mol. The standard InChI is InChI=1S/C16H25N3OS/c1-2-6-17-13(11-15-5-3-4-8-20-15)10-14-12-19-7-9-21-16(19)18-14/h7,9,12-13,15,17H,2-6,8,10-11H2,1H3. The smallest absolute Gasteiger partial charge is 0.193 e. The SMILES string of the molecule is CCCNC(Cc1cn2ccsc2n1)CC1CCCCO1. The molecule has 3 rings (SSSR count).